The molecule has 0 fully saturated rings. The first kappa shape index (κ1) is 27.7. The van der Waals surface area contributed by atoms with Gasteiger partial charge < -0.3 is 42.1 Å². The van der Waals surface area contributed by atoms with Crippen molar-refractivity contribution >= 4 is 42.3 Å². The molecule has 1 aromatic rings. The number of carbonyl (C=O) groups is 5. The minimum atomic E-state index is -1.62. The number of hydrogen-bond acceptors (Lipinski definition) is 9. The highest BCUT2D eigenvalue weighted by atomic mass is 32.1. The molecule has 4 atom stereocenters. The second kappa shape index (κ2) is 13.2. The van der Waals surface area contributed by atoms with Gasteiger partial charge in [0.1, 0.15) is 23.9 Å². The molecule has 0 bridgehead atoms. The van der Waals surface area contributed by atoms with E-state index in [4.69, 9.17) is 21.1 Å². The quantitative estimate of drug-likeness (QED) is 0.130. The number of hydrogen-bond donors (Lipinski definition) is 9. The highest BCUT2D eigenvalue weighted by Gasteiger charge is 2.30. The zero-order valence-corrected chi connectivity index (χ0v) is 18.2. The summed E-state index contributed by atoms with van der Waals surface area (Å²) in [7, 11) is 0. The Balaban J connectivity index is 2.84. The molecule has 0 radical (unpaired) electrons. The Morgan fingerprint density at radius 1 is 0.879 bits per heavy atom. The van der Waals surface area contributed by atoms with Gasteiger partial charge in [-0.15, -0.1) is 0 Å². The number of carbonyl (C=O) groups excluding carboxylic acids is 3. The minimum absolute atomic E-state index is 0.0198. The van der Waals surface area contributed by atoms with Crippen molar-refractivity contribution < 1.29 is 44.4 Å². The Morgan fingerprint density at radius 3 is 1.88 bits per heavy atom. The molecule has 1 aromatic carbocycles. The van der Waals surface area contributed by atoms with E-state index in [0.717, 1.165) is 0 Å². The molecule has 0 heterocycles. The number of thiol groups is 1. The summed E-state index contributed by atoms with van der Waals surface area (Å²) in [5.74, 6) is -6.04. The lowest BCUT2D eigenvalue weighted by atomic mass is 10.0. The van der Waals surface area contributed by atoms with E-state index >= 15 is 0 Å². The van der Waals surface area contributed by atoms with E-state index in [1.807, 2.05) is 5.32 Å². The molecular weight excluding hydrogens is 460 g/mol. The number of benzene rings is 1. The van der Waals surface area contributed by atoms with Crippen LogP contribution in [0.5, 0.6) is 5.75 Å². The lowest BCUT2D eigenvalue weighted by Gasteiger charge is -2.23. The number of rotatable bonds is 13. The van der Waals surface area contributed by atoms with Crippen LogP contribution in [0.3, 0.4) is 0 Å². The zero-order valence-electron chi connectivity index (χ0n) is 17.3. The second-order valence-electron chi connectivity index (χ2n) is 6.96. The molecule has 33 heavy (non-hydrogen) atoms. The van der Waals surface area contributed by atoms with E-state index in [-0.39, 0.29) is 17.9 Å². The van der Waals surface area contributed by atoms with E-state index in [9.17, 15) is 29.1 Å². The van der Waals surface area contributed by atoms with Gasteiger partial charge in [0.15, 0.2) is 0 Å². The number of aliphatic hydroxyl groups excluding tert-OH is 1. The van der Waals surface area contributed by atoms with E-state index in [1.54, 1.807) is 0 Å². The van der Waals surface area contributed by atoms with Gasteiger partial charge in [-0.1, -0.05) is 12.1 Å². The molecule has 0 aliphatic rings. The second-order valence-corrected chi connectivity index (χ2v) is 7.33. The smallest absolute Gasteiger partial charge is 0.328 e. The highest BCUT2D eigenvalue weighted by Crippen LogP contribution is 2.11. The first-order valence-corrected chi connectivity index (χ1v) is 10.2. The summed E-state index contributed by atoms with van der Waals surface area (Å²) >= 11 is 3.91. The van der Waals surface area contributed by atoms with Crippen molar-refractivity contribution in [2.24, 2.45) is 5.73 Å². The molecule has 0 spiro atoms. The lowest BCUT2D eigenvalue weighted by Crippen LogP contribution is -2.58. The number of nitrogens with one attached hydrogen (secondary N) is 3. The third kappa shape index (κ3) is 9.34. The lowest BCUT2D eigenvalue weighted by molar-refractivity contribution is -0.144. The molecule has 0 saturated heterocycles. The maximum atomic E-state index is 12.6. The van der Waals surface area contributed by atoms with Crippen molar-refractivity contribution in [3.63, 3.8) is 0 Å². The van der Waals surface area contributed by atoms with Gasteiger partial charge >= 0.3 is 11.9 Å². The Morgan fingerprint density at radius 2 is 1.39 bits per heavy atom. The zero-order chi connectivity index (χ0) is 25.1. The van der Waals surface area contributed by atoms with Crippen LogP contribution >= 0.6 is 12.6 Å². The molecule has 0 aliphatic heterocycles. The predicted molar refractivity (Wildman–Crippen MR) is 116 cm³/mol. The molecule has 3 amide bonds. The molecule has 9 N–H and O–H groups in total. The van der Waals surface area contributed by atoms with Crippen molar-refractivity contribution in [1.82, 2.24) is 16.0 Å². The van der Waals surface area contributed by atoms with Gasteiger partial charge in [0.25, 0.3) is 0 Å². The molecule has 0 aliphatic carbocycles. The Labute approximate surface area is 193 Å². The average Bonchev–Trinajstić information content (AvgIpc) is 2.75. The Bertz CT molecular complexity index is 865. The van der Waals surface area contributed by atoms with E-state index in [1.165, 1.54) is 24.3 Å². The maximum absolute atomic E-state index is 12.6. The third-order valence-electron chi connectivity index (χ3n) is 4.35. The SMILES string of the molecule is NC(Cc1ccc(O)cc1)C(=O)NC(CC(=O)O)C(=O)NC(CS)C(=O)NC(CO)C(=O)O. The van der Waals surface area contributed by atoms with Crippen molar-refractivity contribution in [1.29, 1.82) is 0 Å². The summed E-state index contributed by atoms with van der Waals surface area (Å²) in [5.41, 5.74) is 6.44. The van der Waals surface area contributed by atoms with Crippen LogP contribution in [-0.4, -0.2) is 86.6 Å². The van der Waals surface area contributed by atoms with Gasteiger partial charge in [-0.25, -0.2) is 4.79 Å². The molecule has 14 heteroatoms. The van der Waals surface area contributed by atoms with Gasteiger partial charge in [-0.05, 0) is 24.1 Å². The van der Waals surface area contributed by atoms with Gasteiger partial charge in [0.05, 0.1) is 19.1 Å². The van der Waals surface area contributed by atoms with Crippen molar-refractivity contribution in [2.45, 2.75) is 37.0 Å². The van der Waals surface area contributed by atoms with Crippen LogP contribution in [0.1, 0.15) is 12.0 Å². The van der Waals surface area contributed by atoms with Crippen LogP contribution in [-0.2, 0) is 30.4 Å². The van der Waals surface area contributed by atoms with Gasteiger partial charge in [0.2, 0.25) is 17.7 Å². The Hall–Kier alpha value is -3.36. The standard InChI is InChI=1S/C19H26N4O9S/c20-11(5-9-1-3-10(25)4-2-9)16(28)21-12(6-15(26)27)17(29)23-14(8-33)18(30)22-13(7-24)19(31)32/h1-4,11-14,24-25,33H,5-8,20H2,(H,21,28)(H,22,30)(H,23,29)(H,26,27)(H,31,32). The number of aliphatic hydroxyl groups is 1. The summed E-state index contributed by atoms with van der Waals surface area (Å²) in [5, 5.41) is 42.7. The fraction of sp³-hybridized carbons (Fsp3) is 0.421. The molecule has 0 saturated carbocycles. The van der Waals surface area contributed by atoms with Crippen LogP contribution in [0.4, 0.5) is 0 Å². The fourth-order valence-electron chi connectivity index (χ4n) is 2.57. The largest absolute Gasteiger partial charge is 0.508 e. The maximum Gasteiger partial charge on any atom is 0.328 e. The van der Waals surface area contributed by atoms with Gasteiger partial charge in [0, 0.05) is 5.75 Å². The normalized spacial score (nSPS) is 14.3. The van der Waals surface area contributed by atoms with Crippen LogP contribution in [0.2, 0.25) is 0 Å². The van der Waals surface area contributed by atoms with Gasteiger partial charge in [-0.2, -0.15) is 12.6 Å². The molecule has 4 unspecified atom stereocenters. The number of carboxylic acids is 2. The summed E-state index contributed by atoms with van der Waals surface area (Å²) in [6.45, 7) is -0.898. The van der Waals surface area contributed by atoms with Crippen LogP contribution in [0.15, 0.2) is 24.3 Å². The van der Waals surface area contributed by atoms with Crippen molar-refractivity contribution in [3.8, 4) is 5.75 Å². The number of phenols is 1. The number of carboxylic acid groups (broad SMARTS) is 2. The summed E-state index contributed by atoms with van der Waals surface area (Å²) in [4.78, 5) is 59.3. The number of phenolic OH excluding ortho intramolecular Hbond substituents is 1. The van der Waals surface area contributed by atoms with Crippen LogP contribution in [0.25, 0.3) is 0 Å². The highest BCUT2D eigenvalue weighted by molar-refractivity contribution is 7.80. The topological polar surface area (TPSA) is 228 Å². The van der Waals surface area contributed by atoms with E-state index in [2.05, 4.69) is 23.3 Å². The van der Waals surface area contributed by atoms with Crippen molar-refractivity contribution in [2.75, 3.05) is 12.4 Å². The number of aromatic hydroxyl groups is 1. The number of nitrogens with two attached hydrogens (primary N) is 1. The molecule has 182 valence electrons. The monoisotopic (exact) mass is 486 g/mol. The average molecular weight is 487 g/mol. The summed E-state index contributed by atoms with van der Waals surface area (Å²) in [6.07, 6.45) is -0.786. The molecular formula is C19H26N4O9S. The molecule has 0 aromatic heterocycles. The molecule has 13 nitrogen and oxygen atoms in total. The number of amides is 3. The van der Waals surface area contributed by atoms with Crippen LogP contribution in [0, 0.1) is 0 Å². The summed E-state index contributed by atoms with van der Waals surface area (Å²) < 4.78 is 0. The van der Waals surface area contributed by atoms with Gasteiger partial charge in [-0.3, -0.25) is 19.2 Å². The third-order valence-corrected chi connectivity index (χ3v) is 4.72. The van der Waals surface area contributed by atoms with Crippen LogP contribution < -0.4 is 21.7 Å². The first-order valence-electron chi connectivity index (χ1n) is 9.59. The predicted octanol–water partition coefficient (Wildman–Crippen LogP) is -2.80. The first-order chi connectivity index (χ1) is 15.5. The minimum Gasteiger partial charge on any atom is -0.508 e. The van der Waals surface area contributed by atoms with E-state index in [0.29, 0.717) is 5.56 Å². The number of aliphatic carboxylic acids is 2. The van der Waals surface area contributed by atoms with Crippen molar-refractivity contribution in [3.05, 3.63) is 29.8 Å². The summed E-state index contributed by atoms with van der Waals surface area (Å²) in [6, 6.07) is 0.127. The fourth-order valence-corrected chi connectivity index (χ4v) is 2.82. The molecule has 1 rings (SSSR count). The van der Waals surface area contributed by atoms with E-state index < -0.39 is 66.9 Å². The Kier molecular flexibility index (Phi) is 11.1.